The summed E-state index contributed by atoms with van der Waals surface area (Å²) in [6.07, 6.45) is 1.43. The second-order valence-corrected chi connectivity index (χ2v) is 6.81. The van der Waals surface area contributed by atoms with Crippen LogP contribution in [0.4, 0.5) is 8.78 Å². The molecule has 150 valence electrons. The normalized spacial score (nSPS) is 10.9. The third-order valence-corrected chi connectivity index (χ3v) is 4.94. The average molecular weight is 405 g/mol. The van der Waals surface area contributed by atoms with Crippen molar-refractivity contribution < 1.29 is 18.3 Å². The highest BCUT2D eigenvalue weighted by molar-refractivity contribution is 6.10. The molecule has 3 aromatic carbocycles. The molecule has 0 aliphatic carbocycles. The van der Waals surface area contributed by atoms with Crippen molar-refractivity contribution >= 4 is 16.7 Å². The summed E-state index contributed by atoms with van der Waals surface area (Å²) in [5.41, 5.74) is 0.591. The van der Waals surface area contributed by atoms with E-state index in [2.05, 4.69) is 0 Å². The SMILES string of the molecule is COc1ccc2c(c1)c(=O)c(C(=O)c1ccc(F)cc1)cn2Cc1ccccc1F. The molecule has 0 saturated heterocycles. The molecular weight excluding hydrogens is 388 g/mol. The van der Waals surface area contributed by atoms with Gasteiger partial charge in [-0.15, -0.1) is 0 Å². The Kier molecular flexibility index (Phi) is 5.14. The van der Waals surface area contributed by atoms with Gasteiger partial charge >= 0.3 is 0 Å². The number of aromatic nitrogens is 1. The van der Waals surface area contributed by atoms with E-state index >= 15 is 0 Å². The molecule has 4 rings (SSSR count). The molecule has 0 atom stereocenters. The molecule has 1 aromatic heterocycles. The van der Waals surface area contributed by atoms with Crippen LogP contribution in [-0.2, 0) is 6.54 Å². The molecule has 0 amide bonds. The lowest BCUT2D eigenvalue weighted by molar-refractivity contribution is 0.103. The number of carbonyl (C=O) groups is 1. The van der Waals surface area contributed by atoms with Gasteiger partial charge in [-0.3, -0.25) is 9.59 Å². The Labute approximate surface area is 171 Å². The van der Waals surface area contributed by atoms with Crippen LogP contribution >= 0.6 is 0 Å². The highest BCUT2D eigenvalue weighted by Gasteiger charge is 2.18. The van der Waals surface area contributed by atoms with E-state index in [0.29, 0.717) is 16.8 Å². The Hall–Kier alpha value is -3.80. The Bertz CT molecular complexity index is 1310. The van der Waals surface area contributed by atoms with Gasteiger partial charge in [0.2, 0.25) is 5.43 Å². The molecule has 0 aliphatic rings. The van der Waals surface area contributed by atoms with E-state index in [0.717, 1.165) is 12.1 Å². The number of rotatable bonds is 5. The van der Waals surface area contributed by atoms with Gasteiger partial charge in [-0.1, -0.05) is 18.2 Å². The number of halogens is 2. The van der Waals surface area contributed by atoms with Crippen LogP contribution in [0.1, 0.15) is 21.5 Å². The van der Waals surface area contributed by atoms with E-state index in [4.69, 9.17) is 4.74 Å². The van der Waals surface area contributed by atoms with Crippen LogP contribution in [0, 0.1) is 11.6 Å². The Balaban J connectivity index is 1.93. The van der Waals surface area contributed by atoms with Crippen molar-refractivity contribution in [2.24, 2.45) is 0 Å². The monoisotopic (exact) mass is 405 g/mol. The van der Waals surface area contributed by atoms with Crippen LogP contribution in [0.3, 0.4) is 0 Å². The van der Waals surface area contributed by atoms with Gasteiger partial charge in [0, 0.05) is 17.3 Å². The van der Waals surface area contributed by atoms with Crippen molar-refractivity contribution in [1.82, 2.24) is 4.57 Å². The van der Waals surface area contributed by atoms with Crippen molar-refractivity contribution in [1.29, 1.82) is 0 Å². The second kappa shape index (κ2) is 7.91. The van der Waals surface area contributed by atoms with E-state index in [1.54, 1.807) is 41.0 Å². The zero-order chi connectivity index (χ0) is 21.3. The highest BCUT2D eigenvalue weighted by atomic mass is 19.1. The first-order valence-corrected chi connectivity index (χ1v) is 9.23. The van der Waals surface area contributed by atoms with Gasteiger partial charge in [0.25, 0.3) is 0 Å². The maximum Gasteiger partial charge on any atom is 0.200 e. The number of hydrogen-bond acceptors (Lipinski definition) is 3. The van der Waals surface area contributed by atoms with Gasteiger partial charge in [0.1, 0.15) is 17.4 Å². The molecule has 0 N–H and O–H groups in total. The fourth-order valence-electron chi connectivity index (χ4n) is 3.36. The third-order valence-electron chi connectivity index (χ3n) is 4.94. The molecule has 0 fully saturated rings. The number of pyridine rings is 1. The number of ether oxygens (including phenoxy) is 1. The van der Waals surface area contributed by atoms with Crippen molar-refractivity contribution in [3.8, 4) is 5.75 Å². The number of fused-ring (bicyclic) bond motifs is 1. The zero-order valence-corrected chi connectivity index (χ0v) is 16.1. The first kappa shape index (κ1) is 19.5. The predicted octanol–water partition coefficient (Wildman–Crippen LogP) is 4.57. The maximum absolute atomic E-state index is 14.2. The largest absolute Gasteiger partial charge is 0.497 e. The third kappa shape index (κ3) is 3.59. The van der Waals surface area contributed by atoms with Crippen LogP contribution in [0.2, 0.25) is 0 Å². The highest BCUT2D eigenvalue weighted by Crippen LogP contribution is 2.22. The summed E-state index contributed by atoms with van der Waals surface area (Å²) < 4.78 is 34.4. The fraction of sp³-hybridized carbons (Fsp3) is 0.0833. The van der Waals surface area contributed by atoms with Gasteiger partial charge < -0.3 is 9.30 Å². The summed E-state index contributed by atoms with van der Waals surface area (Å²) in [5.74, 6) is -0.938. The van der Waals surface area contributed by atoms with E-state index in [9.17, 15) is 18.4 Å². The molecule has 4 nitrogen and oxygen atoms in total. The minimum Gasteiger partial charge on any atom is -0.497 e. The van der Waals surface area contributed by atoms with Crippen molar-refractivity contribution in [3.05, 3.63) is 111 Å². The Morgan fingerprint density at radius 1 is 1.00 bits per heavy atom. The topological polar surface area (TPSA) is 48.3 Å². The van der Waals surface area contributed by atoms with Crippen LogP contribution in [-0.4, -0.2) is 17.5 Å². The molecular formula is C24H17F2NO3. The number of carbonyl (C=O) groups excluding carboxylic acids is 1. The molecule has 1 heterocycles. The number of methoxy groups -OCH3 is 1. The lowest BCUT2D eigenvalue weighted by Gasteiger charge is -2.15. The van der Waals surface area contributed by atoms with Crippen molar-refractivity contribution in [2.45, 2.75) is 6.54 Å². The Morgan fingerprint density at radius 2 is 1.73 bits per heavy atom. The van der Waals surface area contributed by atoms with Crippen LogP contribution in [0.25, 0.3) is 10.9 Å². The summed E-state index contributed by atoms with van der Waals surface area (Å²) in [5, 5.41) is 0.277. The first-order valence-electron chi connectivity index (χ1n) is 9.23. The number of hydrogen-bond donors (Lipinski definition) is 0. The number of benzene rings is 3. The van der Waals surface area contributed by atoms with E-state index in [1.165, 1.54) is 31.5 Å². The minimum atomic E-state index is -0.535. The molecule has 0 aliphatic heterocycles. The number of nitrogens with zero attached hydrogens (tertiary/aromatic N) is 1. The summed E-state index contributed by atoms with van der Waals surface area (Å²) >= 11 is 0. The smallest absolute Gasteiger partial charge is 0.200 e. The minimum absolute atomic E-state index is 0.0845. The van der Waals surface area contributed by atoms with Crippen molar-refractivity contribution in [3.63, 3.8) is 0 Å². The van der Waals surface area contributed by atoms with Gasteiger partial charge in [0.05, 0.1) is 30.1 Å². The van der Waals surface area contributed by atoms with E-state index < -0.39 is 17.0 Å². The van der Waals surface area contributed by atoms with Crippen LogP contribution in [0.5, 0.6) is 5.75 Å². The number of ketones is 1. The molecule has 0 bridgehead atoms. The van der Waals surface area contributed by atoms with Gasteiger partial charge in [-0.05, 0) is 48.5 Å². The van der Waals surface area contributed by atoms with Crippen LogP contribution < -0.4 is 10.2 Å². The lowest BCUT2D eigenvalue weighted by Crippen LogP contribution is -2.20. The van der Waals surface area contributed by atoms with Gasteiger partial charge in [-0.25, -0.2) is 8.78 Å². The fourth-order valence-corrected chi connectivity index (χ4v) is 3.36. The van der Waals surface area contributed by atoms with Crippen LogP contribution in [0.15, 0.2) is 77.7 Å². The molecule has 0 radical (unpaired) electrons. The lowest BCUT2D eigenvalue weighted by atomic mass is 10.0. The molecule has 0 unspecified atom stereocenters. The van der Waals surface area contributed by atoms with Crippen molar-refractivity contribution in [2.75, 3.05) is 7.11 Å². The summed E-state index contributed by atoms with van der Waals surface area (Å²) in [4.78, 5) is 26.1. The van der Waals surface area contributed by atoms with Gasteiger partial charge in [0.15, 0.2) is 5.78 Å². The molecule has 0 saturated carbocycles. The predicted molar refractivity (Wildman–Crippen MR) is 110 cm³/mol. The zero-order valence-electron chi connectivity index (χ0n) is 16.1. The first-order chi connectivity index (χ1) is 14.5. The van der Waals surface area contributed by atoms with Gasteiger partial charge in [-0.2, -0.15) is 0 Å². The maximum atomic E-state index is 14.2. The standard InChI is InChI=1S/C24H17F2NO3/c1-30-18-10-11-22-19(12-18)24(29)20(23(28)15-6-8-17(25)9-7-15)14-27(22)13-16-4-2-3-5-21(16)26/h2-12,14H,13H2,1H3. The molecule has 0 spiro atoms. The average Bonchev–Trinajstić information content (AvgIpc) is 2.77. The summed E-state index contributed by atoms with van der Waals surface area (Å²) in [7, 11) is 1.48. The van der Waals surface area contributed by atoms with E-state index in [-0.39, 0.29) is 28.9 Å². The molecule has 30 heavy (non-hydrogen) atoms. The van der Waals surface area contributed by atoms with E-state index in [1.807, 2.05) is 0 Å². The Morgan fingerprint density at radius 3 is 2.43 bits per heavy atom. The summed E-state index contributed by atoms with van der Waals surface area (Å²) in [6.45, 7) is 0.124. The molecule has 6 heteroatoms. The second-order valence-electron chi connectivity index (χ2n) is 6.81. The summed E-state index contributed by atoms with van der Waals surface area (Å²) in [6, 6.07) is 16.2. The quantitative estimate of drug-likeness (QED) is 0.457. The molecule has 4 aromatic rings.